The predicted molar refractivity (Wildman–Crippen MR) is 231 cm³/mol. The molecule has 0 unspecified atom stereocenters. The smallest absolute Gasteiger partial charge is 0.212 e. The summed E-state index contributed by atoms with van der Waals surface area (Å²) in [7, 11) is 8.32. The fourth-order valence-corrected chi connectivity index (χ4v) is 6.89. The molecule has 52 heavy (non-hydrogen) atoms. The number of anilines is 4. The van der Waals surface area contributed by atoms with Crippen molar-refractivity contribution >= 4 is 56.9 Å². The van der Waals surface area contributed by atoms with E-state index in [4.69, 9.17) is 0 Å². The molecule has 1 aliphatic rings. The van der Waals surface area contributed by atoms with E-state index in [2.05, 4.69) is 206 Å². The first-order valence-corrected chi connectivity index (χ1v) is 19.2. The molecule has 0 aromatic heterocycles. The van der Waals surface area contributed by atoms with E-state index >= 15 is 0 Å². The molecule has 0 bridgehead atoms. The van der Waals surface area contributed by atoms with Crippen LogP contribution in [0.2, 0.25) is 0 Å². The van der Waals surface area contributed by atoms with Crippen LogP contribution in [0.25, 0.3) is 0 Å². The Balaban J connectivity index is 1.62. The average molecular weight is 697 g/mol. The van der Waals surface area contributed by atoms with Crippen LogP contribution in [-0.4, -0.2) is 65.8 Å². The summed E-state index contributed by atoms with van der Waals surface area (Å²) in [4.78, 5) is 9.27. The number of benzene rings is 4. The molecule has 0 atom stereocenters. The summed E-state index contributed by atoms with van der Waals surface area (Å²) < 4.78 is 4.72. The average Bonchev–Trinajstić information content (AvgIpc) is 3.16. The number of hydrogen-bond acceptors (Lipinski definition) is 4. The Bertz CT molecular complexity index is 1700. The van der Waals surface area contributed by atoms with Gasteiger partial charge in [0.25, 0.3) is 0 Å². The van der Waals surface area contributed by atoms with Crippen molar-refractivity contribution in [1.29, 1.82) is 0 Å². The zero-order valence-corrected chi connectivity index (χ0v) is 32.9. The van der Waals surface area contributed by atoms with Crippen LogP contribution >= 0.6 is 0 Å². The van der Waals surface area contributed by atoms with Gasteiger partial charge in [-0.3, -0.25) is 0 Å². The van der Waals surface area contributed by atoms with Gasteiger partial charge in [-0.15, -0.1) is 0 Å². The van der Waals surface area contributed by atoms with E-state index in [1.54, 1.807) is 0 Å². The maximum Gasteiger partial charge on any atom is 0.212 e. The standard InChI is InChI=1S/C46H60N6/c1-9-33-49(34-10-2)39-17-25-43(26-18-39)52(44-27-19-40(20-28-44)50(35-11-3)36-12-4)46-31-29-45(30-32-46)51(41-21-13-37(14-22-41)47(5)6)42-23-15-38(16-24-42)48(7)8/h13-32H,9-12,33-36H2,1-8H3/q+2. The van der Waals surface area contributed by atoms with Crippen LogP contribution in [-0.2, 0) is 0 Å². The molecule has 0 radical (unpaired) electrons. The van der Waals surface area contributed by atoms with Gasteiger partial charge in [-0.1, -0.05) is 27.7 Å². The van der Waals surface area contributed by atoms with Gasteiger partial charge < -0.3 is 19.6 Å². The van der Waals surface area contributed by atoms with Gasteiger partial charge in [0.1, 0.15) is 0 Å². The third-order valence-electron chi connectivity index (χ3n) is 9.53. The summed E-state index contributed by atoms with van der Waals surface area (Å²) in [5.41, 5.74) is 11.7. The summed E-state index contributed by atoms with van der Waals surface area (Å²) in [5, 5.41) is 0. The molecule has 4 aromatic rings. The number of hydrogen-bond donors (Lipinski definition) is 0. The van der Waals surface area contributed by atoms with Crippen molar-refractivity contribution in [3.63, 3.8) is 0 Å². The van der Waals surface area contributed by atoms with Crippen molar-refractivity contribution in [2.45, 2.75) is 53.4 Å². The van der Waals surface area contributed by atoms with Gasteiger partial charge in [-0.25, -0.2) is 0 Å². The molecular weight excluding hydrogens is 637 g/mol. The number of rotatable bonds is 16. The molecule has 0 amide bonds. The van der Waals surface area contributed by atoms with Crippen molar-refractivity contribution in [3.8, 4) is 0 Å². The summed E-state index contributed by atoms with van der Waals surface area (Å²) in [6, 6.07) is 35.8. The largest absolute Gasteiger partial charge is 0.378 e. The van der Waals surface area contributed by atoms with Gasteiger partial charge in [-0.2, -0.15) is 9.15 Å². The van der Waals surface area contributed by atoms with Crippen LogP contribution in [0, 0.1) is 0 Å². The predicted octanol–water partition coefficient (Wildman–Crippen LogP) is 10.4. The lowest BCUT2D eigenvalue weighted by atomic mass is 10.1. The molecule has 0 saturated heterocycles. The van der Waals surface area contributed by atoms with Gasteiger partial charge in [0.05, 0.1) is 0 Å². The Morgan fingerprint density at radius 2 is 0.577 bits per heavy atom. The van der Waals surface area contributed by atoms with Crippen molar-refractivity contribution in [3.05, 3.63) is 121 Å². The molecular formula is C46H60N6+2. The van der Waals surface area contributed by atoms with Crippen molar-refractivity contribution in [2.24, 2.45) is 0 Å². The monoisotopic (exact) mass is 696 g/mol. The van der Waals surface area contributed by atoms with Gasteiger partial charge >= 0.3 is 0 Å². The molecule has 0 spiro atoms. The Labute approximate surface area is 313 Å². The quantitative estimate of drug-likeness (QED) is 0.0857. The normalized spacial score (nSPS) is 12.2. The van der Waals surface area contributed by atoms with Crippen molar-refractivity contribution in [1.82, 2.24) is 9.15 Å². The Morgan fingerprint density at radius 1 is 0.346 bits per heavy atom. The summed E-state index contributed by atoms with van der Waals surface area (Å²) in [6.45, 7) is 13.3. The lowest BCUT2D eigenvalue weighted by molar-refractivity contribution is 0.744. The molecule has 272 valence electrons. The van der Waals surface area contributed by atoms with Crippen LogP contribution in [0.1, 0.15) is 53.4 Å². The summed E-state index contributed by atoms with van der Waals surface area (Å²) in [6.07, 6.45) is 13.6. The lowest BCUT2D eigenvalue weighted by Gasteiger charge is -2.24. The molecule has 0 saturated carbocycles. The van der Waals surface area contributed by atoms with E-state index in [1.165, 1.54) is 22.7 Å². The van der Waals surface area contributed by atoms with E-state index in [0.29, 0.717) is 0 Å². The van der Waals surface area contributed by atoms with Crippen molar-refractivity contribution in [2.75, 3.05) is 74.0 Å². The Morgan fingerprint density at radius 3 is 0.788 bits per heavy atom. The lowest BCUT2D eigenvalue weighted by Crippen LogP contribution is -2.25. The van der Waals surface area contributed by atoms with E-state index in [9.17, 15) is 0 Å². The number of allylic oxidation sites excluding steroid dienone is 4. The molecule has 4 aromatic carbocycles. The highest BCUT2D eigenvalue weighted by Gasteiger charge is 2.25. The molecule has 6 heteroatoms. The van der Waals surface area contributed by atoms with Gasteiger partial charge in [-0.05, 0) is 74.2 Å². The highest BCUT2D eigenvalue weighted by atomic mass is 15.1. The zero-order chi connectivity index (χ0) is 37.0. The van der Waals surface area contributed by atoms with Crippen molar-refractivity contribution < 1.29 is 0 Å². The Kier molecular flexibility index (Phi) is 13.5. The maximum atomic E-state index is 2.50. The molecule has 0 fully saturated rings. The minimum absolute atomic E-state index is 1.07. The second-order valence-electron chi connectivity index (χ2n) is 14.0. The van der Waals surface area contributed by atoms with Crippen LogP contribution in [0.4, 0.5) is 45.5 Å². The molecule has 6 nitrogen and oxygen atoms in total. The van der Waals surface area contributed by atoms with Gasteiger partial charge in [0.15, 0.2) is 0 Å². The van der Waals surface area contributed by atoms with E-state index in [1.807, 2.05) is 0 Å². The Hall–Kier alpha value is -5.10. The molecule has 1 aliphatic carbocycles. The SMILES string of the molecule is CCCN(CCC)c1ccc([N+](=C2C=CC(=[N+](c3ccc(N(C)C)cc3)c3ccc(N(C)C)cc3)C=C2)c2ccc(N(CCC)CCC)cc2)cc1. The van der Waals surface area contributed by atoms with E-state index in [-0.39, 0.29) is 0 Å². The second kappa shape index (κ2) is 18.4. The fraction of sp³-hybridized carbons (Fsp3) is 0.348. The molecule has 0 heterocycles. The first-order valence-electron chi connectivity index (χ1n) is 19.2. The van der Waals surface area contributed by atoms with Gasteiger partial charge in [0.2, 0.25) is 34.2 Å². The third kappa shape index (κ3) is 9.22. The number of nitrogens with zero attached hydrogens (tertiary/aromatic N) is 6. The fourth-order valence-electron chi connectivity index (χ4n) is 6.89. The van der Waals surface area contributed by atoms with Crippen LogP contribution in [0.5, 0.6) is 0 Å². The first kappa shape index (κ1) is 38.1. The first-order chi connectivity index (χ1) is 25.3. The summed E-state index contributed by atoms with van der Waals surface area (Å²) in [5.74, 6) is 0. The van der Waals surface area contributed by atoms with Crippen LogP contribution in [0.3, 0.4) is 0 Å². The van der Waals surface area contributed by atoms with Gasteiger partial charge in [0, 0.05) is 150 Å². The summed E-state index contributed by atoms with van der Waals surface area (Å²) >= 11 is 0. The zero-order valence-electron chi connectivity index (χ0n) is 32.9. The molecule has 0 aliphatic heterocycles. The molecule has 5 rings (SSSR count). The van der Waals surface area contributed by atoms with Crippen LogP contribution < -0.4 is 28.8 Å². The highest BCUT2D eigenvalue weighted by molar-refractivity contribution is 6.20. The van der Waals surface area contributed by atoms with E-state index in [0.717, 1.165) is 86.0 Å². The topological polar surface area (TPSA) is 19.0 Å². The second-order valence-corrected chi connectivity index (χ2v) is 14.0. The van der Waals surface area contributed by atoms with E-state index < -0.39 is 0 Å². The third-order valence-corrected chi connectivity index (χ3v) is 9.53. The molecule has 0 N–H and O–H groups in total. The maximum absolute atomic E-state index is 2.50. The minimum Gasteiger partial charge on any atom is -0.378 e. The highest BCUT2D eigenvalue weighted by Crippen LogP contribution is 2.30. The minimum atomic E-state index is 1.07. The van der Waals surface area contributed by atoms with Crippen LogP contribution in [0.15, 0.2) is 121 Å².